The van der Waals surface area contributed by atoms with E-state index in [9.17, 15) is 40.5 Å². The number of halogens is 6. The van der Waals surface area contributed by atoms with Crippen LogP contribution in [0, 0.1) is 23.2 Å². The van der Waals surface area contributed by atoms with Gasteiger partial charge in [0.25, 0.3) is 0 Å². The number of carbonyl (C=O) groups is 1. The van der Waals surface area contributed by atoms with Crippen LogP contribution in [-0.2, 0) is 22.0 Å². The summed E-state index contributed by atoms with van der Waals surface area (Å²) >= 11 is 0. The second-order valence-electron chi connectivity index (χ2n) is 11.0. The van der Waals surface area contributed by atoms with Gasteiger partial charge >= 0.3 is 12.1 Å². The monoisotopic (exact) mass is 538 g/mol. The van der Waals surface area contributed by atoms with Gasteiger partial charge in [0.05, 0.1) is 0 Å². The van der Waals surface area contributed by atoms with Crippen molar-refractivity contribution in [1.82, 2.24) is 0 Å². The van der Waals surface area contributed by atoms with Crippen molar-refractivity contribution >= 4 is 16.6 Å². The molecule has 0 aliphatic heterocycles. The van der Waals surface area contributed by atoms with Crippen molar-refractivity contribution in [1.29, 1.82) is 0 Å². The van der Waals surface area contributed by atoms with E-state index in [-0.39, 0.29) is 53.1 Å². The summed E-state index contributed by atoms with van der Waals surface area (Å²) in [6.45, 7) is 1.87. The first-order chi connectivity index (χ1) is 16.7. The van der Waals surface area contributed by atoms with Crippen molar-refractivity contribution in [3.63, 3.8) is 0 Å². The van der Waals surface area contributed by atoms with Crippen LogP contribution in [0.25, 0.3) is 0 Å². The molecular formula is C26H32F6O3S. The molecule has 202 valence electrons. The number of rotatable bonds is 8. The third kappa shape index (κ3) is 5.07. The van der Waals surface area contributed by atoms with Crippen molar-refractivity contribution in [3.8, 4) is 5.75 Å². The van der Waals surface area contributed by atoms with Gasteiger partial charge in [0.2, 0.25) is 0 Å². The van der Waals surface area contributed by atoms with Gasteiger partial charge in [0, 0.05) is 34.1 Å². The molecule has 3 nitrogen and oxygen atoms in total. The SMILES string of the molecule is C[C@]12CC[C@@H]3c4ccc(O)cc4C[C@@H](CCCS(=O)CCCC(F)(F)C(F)(F)F)[C@H]3[C@@H]1CC(F)C2=O. The molecule has 0 aromatic heterocycles. The highest BCUT2D eigenvalue weighted by Gasteiger charge is 2.60. The van der Waals surface area contributed by atoms with Gasteiger partial charge in [0.1, 0.15) is 5.75 Å². The highest BCUT2D eigenvalue weighted by atomic mass is 32.2. The fraction of sp³-hybridized carbons (Fsp3) is 0.731. The summed E-state index contributed by atoms with van der Waals surface area (Å²) in [5.41, 5.74) is 1.43. The molecule has 0 saturated heterocycles. The van der Waals surface area contributed by atoms with E-state index in [1.54, 1.807) is 12.1 Å². The number of aromatic hydroxyl groups is 1. The first-order valence-corrected chi connectivity index (χ1v) is 14.0. The van der Waals surface area contributed by atoms with E-state index in [1.165, 1.54) is 0 Å². The summed E-state index contributed by atoms with van der Waals surface area (Å²) in [6, 6.07) is 5.30. The molecule has 0 bridgehead atoms. The molecule has 0 spiro atoms. The van der Waals surface area contributed by atoms with E-state index in [1.807, 2.05) is 13.0 Å². The largest absolute Gasteiger partial charge is 0.508 e. The van der Waals surface area contributed by atoms with Crippen LogP contribution in [-0.4, -0.2) is 44.9 Å². The lowest BCUT2D eigenvalue weighted by molar-refractivity contribution is -0.284. The summed E-state index contributed by atoms with van der Waals surface area (Å²) < 4.78 is 90.0. The number of fused-ring (bicyclic) bond motifs is 5. The molecule has 1 aromatic rings. The molecule has 10 heteroatoms. The summed E-state index contributed by atoms with van der Waals surface area (Å²) in [5.74, 6) is -4.84. The number of alkyl halides is 6. The van der Waals surface area contributed by atoms with Crippen LogP contribution in [0.1, 0.15) is 68.9 Å². The van der Waals surface area contributed by atoms with Gasteiger partial charge in [-0.15, -0.1) is 0 Å². The molecule has 2 unspecified atom stereocenters. The van der Waals surface area contributed by atoms with E-state index in [0.717, 1.165) is 17.5 Å². The Hall–Kier alpha value is -1.58. The van der Waals surface area contributed by atoms with Crippen LogP contribution in [0.15, 0.2) is 18.2 Å². The van der Waals surface area contributed by atoms with Crippen LogP contribution in [0.3, 0.4) is 0 Å². The van der Waals surface area contributed by atoms with Crippen molar-refractivity contribution in [3.05, 3.63) is 29.3 Å². The van der Waals surface area contributed by atoms with Gasteiger partial charge in [-0.1, -0.05) is 13.0 Å². The Kier molecular flexibility index (Phi) is 7.59. The fourth-order valence-electron chi connectivity index (χ4n) is 7.02. The predicted molar refractivity (Wildman–Crippen MR) is 124 cm³/mol. The number of hydrogen-bond donors (Lipinski definition) is 1. The molecule has 1 N–H and O–H groups in total. The van der Waals surface area contributed by atoms with Gasteiger partial charge in [-0.2, -0.15) is 22.0 Å². The first-order valence-electron chi connectivity index (χ1n) is 12.5. The molecule has 0 heterocycles. The van der Waals surface area contributed by atoms with Crippen molar-refractivity contribution in [2.75, 3.05) is 11.5 Å². The molecule has 2 fully saturated rings. The standard InChI is InChI=1S/C26H32F6O3S/c1-24-9-7-19-18-6-5-17(33)13-16(18)12-15(22(19)20(24)14-21(27)23(24)34)4-2-10-36(35)11-3-8-25(28,29)26(30,31)32/h5-6,13,15,19-22,33H,2-4,7-12,14H2,1H3/t15-,19-,20+,21?,22-,24+,36?/m1/s1. The topological polar surface area (TPSA) is 54.4 Å². The Labute approximate surface area is 209 Å². The highest BCUT2D eigenvalue weighted by Crippen LogP contribution is 2.62. The maximum Gasteiger partial charge on any atom is 0.453 e. The molecule has 36 heavy (non-hydrogen) atoms. The Bertz CT molecular complexity index is 1010. The number of carbonyl (C=O) groups excluding carboxylic acids is 1. The number of hydrogen-bond acceptors (Lipinski definition) is 3. The predicted octanol–water partition coefficient (Wildman–Crippen LogP) is 6.50. The number of Topliss-reactive ketones (excluding diaryl/α,β-unsaturated/α-hetero) is 1. The smallest absolute Gasteiger partial charge is 0.453 e. The molecule has 2 saturated carbocycles. The minimum absolute atomic E-state index is 0.0596. The Balaban J connectivity index is 1.42. The summed E-state index contributed by atoms with van der Waals surface area (Å²) in [5, 5.41) is 10.0. The molecule has 3 aliphatic carbocycles. The maximum absolute atomic E-state index is 14.6. The molecule has 7 atom stereocenters. The Morgan fingerprint density at radius 3 is 2.53 bits per heavy atom. The highest BCUT2D eigenvalue weighted by molar-refractivity contribution is 7.84. The van der Waals surface area contributed by atoms with E-state index >= 15 is 0 Å². The third-order valence-corrected chi connectivity index (χ3v) is 10.3. The summed E-state index contributed by atoms with van der Waals surface area (Å²) in [6.07, 6.45) is -5.66. The number of phenols is 1. The first kappa shape index (κ1) is 27.5. The quantitative estimate of drug-likeness (QED) is 0.385. The van der Waals surface area contributed by atoms with Crippen LogP contribution >= 0.6 is 0 Å². The number of benzene rings is 1. The lowest BCUT2D eigenvalue weighted by Gasteiger charge is -2.51. The zero-order valence-corrected chi connectivity index (χ0v) is 20.9. The second kappa shape index (κ2) is 9.95. The lowest BCUT2D eigenvalue weighted by atomic mass is 9.52. The van der Waals surface area contributed by atoms with Gasteiger partial charge in [-0.3, -0.25) is 9.00 Å². The van der Waals surface area contributed by atoms with Gasteiger partial charge in [0.15, 0.2) is 12.0 Å². The van der Waals surface area contributed by atoms with Crippen molar-refractivity contribution in [2.24, 2.45) is 23.2 Å². The van der Waals surface area contributed by atoms with Crippen molar-refractivity contribution < 1.29 is 40.5 Å². The van der Waals surface area contributed by atoms with Gasteiger partial charge in [-0.25, -0.2) is 4.39 Å². The zero-order valence-electron chi connectivity index (χ0n) is 20.1. The van der Waals surface area contributed by atoms with E-state index < -0.39 is 47.3 Å². The van der Waals surface area contributed by atoms with E-state index in [4.69, 9.17) is 0 Å². The van der Waals surface area contributed by atoms with E-state index in [0.29, 0.717) is 25.7 Å². The molecule has 0 radical (unpaired) electrons. The molecular weight excluding hydrogens is 506 g/mol. The summed E-state index contributed by atoms with van der Waals surface area (Å²) in [7, 11) is -1.52. The minimum atomic E-state index is -5.61. The summed E-state index contributed by atoms with van der Waals surface area (Å²) in [4.78, 5) is 12.7. The minimum Gasteiger partial charge on any atom is -0.508 e. The molecule has 0 amide bonds. The molecule has 1 aromatic carbocycles. The van der Waals surface area contributed by atoms with E-state index in [2.05, 4.69) is 0 Å². The normalized spacial score (nSPS) is 33.1. The second-order valence-corrected chi connectivity index (χ2v) is 12.7. The van der Waals surface area contributed by atoms with Crippen LogP contribution in [0.2, 0.25) is 0 Å². The zero-order chi connectivity index (χ0) is 26.5. The Morgan fingerprint density at radius 2 is 1.83 bits per heavy atom. The number of phenolic OH excluding ortho intramolecular Hbond substituents is 1. The van der Waals surface area contributed by atoms with Gasteiger partial charge < -0.3 is 5.11 Å². The Morgan fingerprint density at radius 1 is 1.14 bits per heavy atom. The van der Waals surface area contributed by atoms with Crippen LogP contribution in [0.5, 0.6) is 5.75 Å². The van der Waals surface area contributed by atoms with Crippen molar-refractivity contribution in [2.45, 2.75) is 82.5 Å². The maximum atomic E-state index is 14.6. The molecule has 3 aliphatic rings. The lowest BCUT2D eigenvalue weighted by Crippen LogP contribution is -2.46. The third-order valence-electron chi connectivity index (χ3n) is 8.81. The van der Waals surface area contributed by atoms with Crippen LogP contribution in [0.4, 0.5) is 26.3 Å². The van der Waals surface area contributed by atoms with Crippen LogP contribution < -0.4 is 0 Å². The molecule has 4 rings (SSSR count). The number of ketones is 1. The average molecular weight is 539 g/mol. The van der Waals surface area contributed by atoms with Gasteiger partial charge in [-0.05, 0) is 91.9 Å². The fourth-order valence-corrected chi connectivity index (χ4v) is 8.18. The average Bonchev–Trinajstić information content (AvgIpc) is 3.01.